The average Bonchev–Trinajstić information content (AvgIpc) is 2.57. The van der Waals surface area contributed by atoms with E-state index < -0.39 is 18.6 Å². The van der Waals surface area contributed by atoms with Gasteiger partial charge in [0, 0.05) is 18.8 Å². The van der Waals surface area contributed by atoms with Gasteiger partial charge in [0.1, 0.15) is 6.54 Å². The minimum Gasteiger partial charge on any atom is -0.376 e. The number of nitrogens with one attached hydrogen (secondary N) is 2. The van der Waals surface area contributed by atoms with Crippen LogP contribution in [0.5, 0.6) is 0 Å². The molecule has 0 aliphatic carbocycles. The fraction of sp³-hybridized carbons (Fsp3) is 0.556. The Balaban J connectivity index is 1.94. The number of para-hydroxylation sites is 1. The van der Waals surface area contributed by atoms with Crippen LogP contribution in [-0.4, -0.2) is 49.1 Å². The molecule has 0 radical (unpaired) electrons. The van der Waals surface area contributed by atoms with Crippen LogP contribution in [-0.2, 0) is 4.79 Å². The lowest BCUT2D eigenvalue weighted by Crippen LogP contribution is -2.38. The van der Waals surface area contributed by atoms with E-state index in [4.69, 9.17) is 0 Å². The summed E-state index contributed by atoms with van der Waals surface area (Å²) >= 11 is 0. The first-order valence-corrected chi connectivity index (χ1v) is 8.82. The van der Waals surface area contributed by atoms with Crippen LogP contribution in [0.3, 0.4) is 0 Å². The SMILES string of the molecule is O=C(NCC(F)(F)F)c1ccccc1NCC(=O)N1CCCCCCC1. The van der Waals surface area contributed by atoms with E-state index in [1.165, 1.54) is 12.5 Å². The van der Waals surface area contributed by atoms with Crippen molar-refractivity contribution in [1.82, 2.24) is 10.2 Å². The Morgan fingerprint density at radius 3 is 2.27 bits per heavy atom. The zero-order valence-corrected chi connectivity index (χ0v) is 14.6. The van der Waals surface area contributed by atoms with Crippen molar-refractivity contribution >= 4 is 17.5 Å². The van der Waals surface area contributed by atoms with Gasteiger partial charge in [-0.05, 0) is 25.0 Å². The van der Waals surface area contributed by atoms with E-state index in [0.717, 1.165) is 25.7 Å². The standard InChI is InChI=1S/C18H24F3N3O2/c19-18(20,21)13-23-17(26)14-8-4-5-9-15(14)22-12-16(25)24-10-6-2-1-3-7-11-24/h4-5,8-9,22H,1-3,6-7,10-13H2,(H,23,26). The van der Waals surface area contributed by atoms with Crippen LogP contribution in [0.15, 0.2) is 24.3 Å². The van der Waals surface area contributed by atoms with Gasteiger partial charge in [0.15, 0.2) is 0 Å². The third-order valence-electron chi connectivity index (χ3n) is 4.26. The monoisotopic (exact) mass is 371 g/mol. The Bertz CT molecular complexity index is 612. The summed E-state index contributed by atoms with van der Waals surface area (Å²) in [5.41, 5.74) is 0.421. The molecule has 0 bridgehead atoms. The van der Waals surface area contributed by atoms with E-state index >= 15 is 0 Å². The smallest absolute Gasteiger partial charge is 0.376 e. The van der Waals surface area contributed by atoms with Crippen molar-refractivity contribution in [3.05, 3.63) is 29.8 Å². The summed E-state index contributed by atoms with van der Waals surface area (Å²) in [4.78, 5) is 26.2. The molecule has 26 heavy (non-hydrogen) atoms. The Morgan fingerprint density at radius 2 is 1.62 bits per heavy atom. The van der Waals surface area contributed by atoms with Crippen LogP contribution in [0, 0.1) is 0 Å². The third-order valence-corrected chi connectivity index (χ3v) is 4.26. The molecular weight excluding hydrogens is 347 g/mol. The average molecular weight is 371 g/mol. The van der Waals surface area contributed by atoms with Gasteiger partial charge >= 0.3 is 6.18 Å². The first-order valence-electron chi connectivity index (χ1n) is 8.82. The van der Waals surface area contributed by atoms with E-state index in [1.807, 2.05) is 5.32 Å². The Labute approximate surface area is 150 Å². The van der Waals surface area contributed by atoms with Gasteiger partial charge in [-0.15, -0.1) is 0 Å². The van der Waals surface area contributed by atoms with Gasteiger partial charge < -0.3 is 15.5 Å². The lowest BCUT2D eigenvalue weighted by molar-refractivity contribution is -0.129. The summed E-state index contributed by atoms with van der Waals surface area (Å²) in [5, 5.41) is 4.74. The van der Waals surface area contributed by atoms with Crippen LogP contribution >= 0.6 is 0 Å². The van der Waals surface area contributed by atoms with Crippen molar-refractivity contribution in [1.29, 1.82) is 0 Å². The van der Waals surface area contributed by atoms with Crippen molar-refractivity contribution in [2.75, 3.05) is 31.5 Å². The number of alkyl halides is 3. The molecule has 8 heteroatoms. The first-order chi connectivity index (χ1) is 12.4. The molecule has 2 N–H and O–H groups in total. The highest BCUT2D eigenvalue weighted by molar-refractivity contribution is 6.00. The molecular formula is C18H24F3N3O2. The number of hydrogen-bond acceptors (Lipinski definition) is 3. The number of carbonyl (C=O) groups is 2. The molecule has 0 aromatic heterocycles. The Hall–Kier alpha value is -2.25. The van der Waals surface area contributed by atoms with E-state index in [9.17, 15) is 22.8 Å². The van der Waals surface area contributed by atoms with Gasteiger partial charge in [0.25, 0.3) is 5.91 Å². The van der Waals surface area contributed by atoms with Gasteiger partial charge in [-0.3, -0.25) is 9.59 Å². The number of hydrogen-bond donors (Lipinski definition) is 2. The summed E-state index contributed by atoms with van der Waals surface area (Å²) in [6.07, 6.45) is 0.892. The molecule has 0 saturated carbocycles. The number of benzene rings is 1. The van der Waals surface area contributed by atoms with E-state index in [0.29, 0.717) is 18.8 Å². The van der Waals surface area contributed by atoms with Gasteiger partial charge in [-0.2, -0.15) is 13.2 Å². The van der Waals surface area contributed by atoms with Crippen LogP contribution in [0.1, 0.15) is 42.5 Å². The molecule has 1 aliphatic heterocycles. The Kier molecular flexibility index (Phi) is 7.29. The van der Waals surface area contributed by atoms with Crippen molar-refractivity contribution in [2.24, 2.45) is 0 Å². The predicted molar refractivity (Wildman–Crippen MR) is 93.0 cm³/mol. The maximum Gasteiger partial charge on any atom is 0.405 e. The van der Waals surface area contributed by atoms with Crippen LogP contribution in [0.2, 0.25) is 0 Å². The summed E-state index contributed by atoms with van der Waals surface area (Å²) in [6.45, 7) is 0.0406. The normalized spacial score (nSPS) is 15.7. The van der Waals surface area contributed by atoms with Crippen LogP contribution in [0.25, 0.3) is 0 Å². The molecule has 0 unspecified atom stereocenters. The van der Waals surface area contributed by atoms with E-state index in [1.54, 1.807) is 23.1 Å². The molecule has 1 aromatic carbocycles. The molecule has 0 spiro atoms. The van der Waals surface area contributed by atoms with Gasteiger partial charge in [0.05, 0.1) is 12.1 Å². The number of nitrogens with zero attached hydrogens (tertiary/aromatic N) is 1. The van der Waals surface area contributed by atoms with Gasteiger partial charge in [0.2, 0.25) is 5.91 Å². The van der Waals surface area contributed by atoms with Crippen molar-refractivity contribution in [2.45, 2.75) is 38.3 Å². The topological polar surface area (TPSA) is 61.4 Å². The fourth-order valence-electron chi connectivity index (χ4n) is 2.89. The highest BCUT2D eigenvalue weighted by atomic mass is 19.4. The van der Waals surface area contributed by atoms with Gasteiger partial charge in [-0.1, -0.05) is 31.4 Å². The maximum atomic E-state index is 12.4. The Morgan fingerprint density at radius 1 is 1.00 bits per heavy atom. The second-order valence-electron chi connectivity index (χ2n) is 6.35. The molecule has 5 nitrogen and oxygen atoms in total. The molecule has 1 fully saturated rings. The zero-order chi connectivity index (χ0) is 19.0. The molecule has 144 valence electrons. The molecule has 0 atom stereocenters. The molecule has 1 heterocycles. The van der Waals surface area contributed by atoms with Crippen LogP contribution in [0.4, 0.5) is 18.9 Å². The van der Waals surface area contributed by atoms with Crippen molar-refractivity contribution < 1.29 is 22.8 Å². The molecule has 1 saturated heterocycles. The number of likely N-dealkylation sites (tertiary alicyclic amines) is 1. The van der Waals surface area contributed by atoms with Crippen molar-refractivity contribution in [3.8, 4) is 0 Å². The highest BCUT2D eigenvalue weighted by Gasteiger charge is 2.28. The highest BCUT2D eigenvalue weighted by Crippen LogP contribution is 2.17. The van der Waals surface area contributed by atoms with Crippen molar-refractivity contribution in [3.63, 3.8) is 0 Å². The third kappa shape index (κ3) is 6.57. The van der Waals surface area contributed by atoms with E-state index in [2.05, 4.69) is 5.32 Å². The number of halogens is 3. The fourth-order valence-corrected chi connectivity index (χ4v) is 2.89. The van der Waals surface area contributed by atoms with Crippen LogP contribution < -0.4 is 10.6 Å². The second kappa shape index (κ2) is 9.45. The molecule has 2 rings (SSSR count). The maximum absolute atomic E-state index is 12.4. The largest absolute Gasteiger partial charge is 0.405 e. The zero-order valence-electron chi connectivity index (χ0n) is 14.6. The van der Waals surface area contributed by atoms with Gasteiger partial charge in [-0.25, -0.2) is 0 Å². The summed E-state index contributed by atoms with van der Waals surface area (Å²) in [7, 11) is 0. The molecule has 1 aliphatic rings. The lowest BCUT2D eigenvalue weighted by Gasteiger charge is -2.25. The summed E-state index contributed by atoms with van der Waals surface area (Å²) < 4.78 is 36.8. The molecule has 1 aromatic rings. The number of amides is 2. The number of carbonyl (C=O) groups excluding carboxylic acids is 2. The second-order valence-corrected chi connectivity index (χ2v) is 6.35. The van der Waals surface area contributed by atoms with E-state index in [-0.39, 0.29) is 18.0 Å². The minimum atomic E-state index is -4.47. The minimum absolute atomic E-state index is 0.00354. The molecule has 2 amide bonds. The summed E-state index contributed by atoms with van der Waals surface area (Å²) in [5.74, 6) is -0.901. The first kappa shape index (κ1) is 20.1. The quantitative estimate of drug-likeness (QED) is 0.836. The predicted octanol–water partition coefficient (Wildman–Crippen LogP) is 3.18. The lowest BCUT2D eigenvalue weighted by atomic mass is 10.1. The number of anilines is 1. The number of rotatable bonds is 5. The summed E-state index contributed by atoms with van der Waals surface area (Å²) in [6, 6.07) is 6.22.